The topological polar surface area (TPSA) is 60.7 Å². The van der Waals surface area contributed by atoms with E-state index >= 15 is 0 Å². The van der Waals surface area contributed by atoms with E-state index in [0.29, 0.717) is 6.42 Å². The summed E-state index contributed by atoms with van der Waals surface area (Å²) in [4.78, 5) is 25.2. The van der Waals surface area contributed by atoms with E-state index in [0.717, 1.165) is 6.42 Å². The van der Waals surface area contributed by atoms with E-state index in [-0.39, 0.29) is 6.16 Å². The van der Waals surface area contributed by atoms with Gasteiger partial charge in [0, 0.05) is 0 Å². The van der Waals surface area contributed by atoms with Crippen LogP contribution < -0.4 is 0 Å². The summed E-state index contributed by atoms with van der Waals surface area (Å²) in [5.41, 5.74) is 0. The second kappa shape index (κ2) is 3.36. The molecular weight excluding hydrogens is 127 g/mol. The molecule has 3 N–H and O–H groups in total. The molecule has 3 nitrogen and oxygen atoms in total. The first-order chi connectivity index (χ1) is 3.56. The van der Waals surface area contributed by atoms with Gasteiger partial charge in [-0.15, -0.1) is 0 Å². The Morgan fingerprint density at radius 3 is 1.88 bits per heavy atom. The summed E-state index contributed by atoms with van der Waals surface area (Å²) in [7, 11) is -3.68. The fraction of sp³-hybridized carbons (Fsp3) is 1.00. The van der Waals surface area contributed by atoms with Crippen molar-refractivity contribution in [2.24, 2.45) is 0 Å². The fourth-order valence-corrected chi connectivity index (χ4v) is 1.24. The van der Waals surface area contributed by atoms with Crippen molar-refractivity contribution in [3.05, 3.63) is 0 Å². The maximum atomic E-state index is 8.40. The predicted molar refractivity (Wildman–Crippen MR) is 34.7 cm³/mol. The van der Waals surface area contributed by atoms with Crippen molar-refractivity contribution in [1.82, 2.24) is 0 Å². The van der Waals surface area contributed by atoms with E-state index in [1.165, 1.54) is 0 Å². The summed E-state index contributed by atoms with van der Waals surface area (Å²) in [5.74, 6) is 0. The number of hydrogen-bond donors (Lipinski definition) is 3. The van der Waals surface area contributed by atoms with Crippen LogP contribution in [0.5, 0.6) is 0 Å². The Morgan fingerprint density at radius 1 is 1.25 bits per heavy atom. The summed E-state index contributed by atoms with van der Waals surface area (Å²) in [6.07, 6.45) is 1.75. The molecule has 8 heavy (non-hydrogen) atoms. The Bertz CT molecular complexity index is 58.8. The molecule has 0 unspecified atom stereocenters. The minimum absolute atomic E-state index is 0.170. The van der Waals surface area contributed by atoms with Gasteiger partial charge in [-0.1, -0.05) is 0 Å². The summed E-state index contributed by atoms with van der Waals surface area (Å²) in [5, 5.41) is 0. The van der Waals surface area contributed by atoms with Crippen molar-refractivity contribution in [1.29, 1.82) is 0 Å². The van der Waals surface area contributed by atoms with Crippen LogP contribution in [0.4, 0.5) is 0 Å². The molecule has 0 aliphatic heterocycles. The minimum atomic E-state index is -3.68. The van der Waals surface area contributed by atoms with Crippen molar-refractivity contribution >= 4 is 7.94 Å². The third kappa shape index (κ3) is 6.31. The van der Waals surface area contributed by atoms with E-state index < -0.39 is 7.94 Å². The number of unbranched alkanes of at least 4 members (excludes halogenated alkanes) is 1. The summed E-state index contributed by atoms with van der Waals surface area (Å²) >= 11 is 0. The quantitative estimate of drug-likeness (QED) is 0.493. The molecule has 0 saturated carbocycles. The van der Waals surface area contributed by atoms with Gasteiger partial charge >= 0.3 is 48.6 Å². The molecule has 0 fully saturated rings. The zero-order chi connectivity index (χ0) is 6.62. The molecule has 0 aromatic heterocycles. The Hall–Kier alpha value is 0.310. The van der Waals surface area contributed by atoms with E-state index in [1.807, 2.05) is 6.92 Å². The monoisotopic (exact) mass is 140 g/mol. The molecule has 52 valence electrons. The van der Waals surface area contributed by atoms with Gasteiger partial charge in [0.1, 0.15) is 0 Å². The molecule has 0 aromatic rings. The molecule has 0 saturated heterocycles. The van der Waals surface area contributed by atoms with Gasteiger partial charge in [-0.05, 0) is 0 Å². The third-order valence-electron chi connectivity index (χ3n) is 0.866. The first-order valence-electron chi connectivity index (χ1n) is 2.73. The van der Waals surface area contributed by atoms with Gasteiger partial charge in [0.2, 0.25) is 0 Å². The fourth-order valence-electron chi connectivity index (χ4n) is 0.414. The zero-order valence-electron chi connectivity index (χ0n) is 4.96. The van der Waals surface area contributed by atoms with Gasteiger partial charge in [-0.3, -0.25) is 0 Å². The van der Waals surface area contributed by atoms with Crippen LogP contribution in [-0.4, -0.2) is 20.8 Å². The molecule has 4 heteroatoms. The van der Waals surface area contributed by atoms with E-state index in [4.69, 9.17) is 14.7 Å². The van der Waals surface area contributed by atoms with E-state index in [9.17, 15) is 0 Å². The van der Waals surface area contributed by atoms with E-state index in [1.54, 1.807) is 0 Å². The third-order valence-corrected chi connectivity index (χ3v) is 1.89. The molecule has 0 radical (unpaired) electrons. The van der Waals surface area contributed by atoms with Crippen LogP contribution >= 0.6 is 7.94 Å². The summed E-state index contributed by atoms with van der Waals surface area (Å²) < 4.78 is 0. The molecule has 0 spiro atoms. The molecule has 0 aliphatic carbocycles. The second-order valence-corrected chi connectivity index (χ2v) is 3.93. The summed E-state index contributed by atoms with van der Waals surface area (Å²) in [6, 6.07) is 0. The van der Waals surface area contributed by atoms with Gasteiger partial charge in [0.25, 0.3) is 0 Å². The van der Waals surface area contributed by atoms with Crippen LogP contribution in [0.15, 0.2) is 0 Å². The number of hydrogen-bond acceptors (Lipinski definition) is 3. The molecule has 0 bridgehead atoms. The van der Waals surface area contributed by atoms with Crippen LogP contribution in [0, 0.1) is 0 Å². The van der Waals surface area contributed by atoms with Crippen molar-refractivity contribution in [2.75, 3.05) is 6.16 Å². The van der Waals surface area contributed by atoms with Crippen molar-refractivity contribution < 1.29 is 14.7 Å². The van der Waals surface area contributed by atoms with Crippen molar-refractivity contribution in [3.8, 4) is 0 Å². The van der Waals surface area contributed by atoms with Gasteiger partial charge in [-0.2, -0.15) is 0 Å². The van der Waals surface area contributed by atoms with Crippen LogP contribution in [0.2, 0.25) is 0 Å². The molecule has 0 heterocycles. The predicted octanol–water partition coefficient (Wildman–Crippen LogP) is 0.258. The van der Waals surface area contributed by atoms with Crippen LogP contribution in [0.25, 0.3) is 0 Å². The molecule has 0 aromatic carbocycles. The molecule has 0 rings (SSSR count). The van der Waals surface area contributed by atoms with Gasteiger partial charge in [0.15, 0.2) is 0 Å². The average Bonchev–Trinajstić information content (AvgIpc) is 1.59. The first kappa shape index (κ1) is 8.31. The maximum absolute atomic E-state index is 8.40. The Balaban J connectivity index is 3.11. The average molecular weight is 140 g/mol. The Morgan fingerprint density at radius 2 is 1.75 bits per heavy atom. The SMILES string of the molecule is CCCC[PH](O)(O)O. The first-order valence-corrected chi connectivity index (χ1v) is 4.78. The van der Waals surface area contributed by atoms with Crippen LogP contribution in [0.1, 0.15) is 19.8 Å². The van der Waals surface area contributed by atoms with Gasteiger partial charge in [-0.25, -0.2) is 0 Å². The number of rotatable bonds is 3. The summed E-state index contributed by atoms with van der Waals surface area (Å²) in [6.45, 7) is 1.93. The molecular formula is C4H13O3P. The standard InChI is InChI=1S/C4H13O3P/c1-2-3-4-8(5,6)7/h5-8H,2-4H2,1H3. The zero-order valence-corrected chi connectivity index (χ0v) is 5.96. The second-order valence-electron chi connectivity index (χ2n) is 1.88. The normalized spacial score (nSPS) is 14.0. The van der Waals surface area contributed by atoms with E-state index in [2.05, 4.69) is 0 Å². The van der Waals surface area contributed by atoms with Crippen molar-refractivity contribution in [3.63, 3.8) is 0 Å². The Labute approximate surface area is 49.6 Å². The Kier molecular flexibility index (Phi) is 3.49. The molecule has 0 aliphatic rings. The van der Waals surface area contributed by atoms with Crippen LogP contribution in [-0.2, 0) is 0 Å². The molecule has 0 atom stereocenters. The molecule has 0 amide bonds. The van der Waals surface area contributed by atoms with Gasteiger partial charge in [0.05, 0.1) is 0 Å². The van der Waals surface area contributed by atoms with Crippen LogP contribution in [0.3, 0.4) is 0 Å². The van der Waals surface area contributed by atoms with Gasteiger partial charge < -0.3 is 0 Å². The van der Waals surface area contributed by atoms with Crippen molar-refractivity contribution in [2.45, 2.75) is 19.8 Å².